The van der Waals surface area contributed by atoms with Gasteiger partial charge in [-0.1, -0.05) is 20.8 Å². The summed E-state index contributed by atoms with van der Waals surface area (Å²) in [5.41, 5.74) is -0.286. The molecule has 0 radical (unpaired) electrons. The van der Waals surface area contributed by atoms with Crippen LogP contribution in [0.3, 0.4) is 0 Å². The molecular weight excluding hydrogens is 170 g/mol. The molecule has 0 aromatic rings. The minimum atomic E-state index is -0.806. The molecule has 1 saturated heterocycles. The van der Waals surface area contributed by atoms with Crippen molar-refractivity contribution in [2.75, 3.05) is 13.1 Å². The summed E-state index contributed by atoms with van der Waals surface area (Å²) in [6, 6.07) is -0.490. The average Bonchev–Trinajstić information content (AvgIpc) is 1.79. The molecule has 0 aromatic heterocycles. The number of rotatable bonds is 2. The molecule has 1 fully saturated rings. The van der Waals surface area contributed by atoms with Gasteiger partial charge in [0, 0.05) is 13.1 Å². The first-order valence-corrected chi connectivity index (χ1v) is 4.47. The predicted molar refractivity (Wildman–Crippen MR) is 48.5 cm³/mol. The molecule has 0 bridgehead atoms. The van der Waals surface area contributed by atoms with E-state index in [1.54, 1.807) is 4.90 Å². The van der Waals surface area contributed by atoms with Crippen LogP contribution in [0, 0.1) is 5.41 Å². The van der Waals surface area contributed by atoms with Crippen LogP contribution in [0.25, 0.3) is 0 Å². The summed E-state index contributed by atoms with van der Waals surface area (Å²) < 4.78 is 0. The summed E-state index contributed by atoms with van der Waals surface area (Å²) in [6.07, 6.45) is -0.343. The van der Waals surface area contributed by atoms with E-state index >= 15 is 0 Å². The van der Waals surface area contributed by atoms with E-state index in [1.165, 1.54) is 0 Å². The molecule has 76 valence electrons. The van der Waals surface area contributed by atoms with E-state index in [4.69, 9.17) is 10.2 Å². The number of hydrogen-bond donors (Lipinski definition) is 2. The van der Waals surface area contributed by atoms with Gasteiger partial charge < -0.3 is 10.2 Å². The minimum absolute atomic E-state index is 0.286. The molecule has 13 heavy (non-hydrogen) atoms. The normalized spacial score (nSPS) is 22.5. The number of hydrogen-bond acceptors (Lipinski definition) is 3. The fourth-order valence-electron chi connectivity index (χ4n) is 1.77. The first-order valence-electron chi connectivity index (χ1n) is 4.47. The highest BCUT2D eigenvalue weighted by Crippen LogP contribution is 2.28. The Balaban J connectivity index is 2.65. The number of nitrogens with zero attached hydrogens (tertiary/aromatic N) is 1. The third-order valence-corrected chi connectivity index (χ3v) is 2.31. The molecule has 0 amide bonds. The highest BCUT2D eigenvalue weighted by molar-refractivity contribution is 5.74. The van der Waals surface area contributed by atoms with Crippen LogP contribution in [0.1, 0.15) is 20.8 Å². The van der Waals surface area contributed by atoms with E-state index < -0.39 is 12.0 Å². The Morgan fingerprint density at radius 2 is 1.92 bits per heavy atom. The van der Waals surface area contributed by atoms with Crippen molar-refractivity contribution in [2.45, 2.75) is 32.9 Å². The smallest absolute Gasteiger partial charge is 0.321 e. The third kappa shape index (κ3) is 2.19. The van der Waals surface area contributed by atoms with E-state index in [0.717, 1.165) is 0 Å². The molecule has 4 heteroatoms. The lowest BCUT2D eigenvalue weighted by Gasteiger charge is -2.44. The van der Waals surface area contributed by atoms with Crippen molar-refractivity contribution in [3.8, 4) is 0 Å². The van der Waals surface area contributed by atoms with Crippen molar-refractivity contribution in [1.82, 2.24) is 4.90 Å². The second-order valence-corrected chi connectivity index (χ2v) is 4.71. The van der Waals surface area contributed by atoms with E-state index in [9.17, 15) is 4.79 Å². The summed E-state index contributed by atoms with van der Waals surface area (Å²) in [6.45, 7) is 6.66. The van der Waals surface area contributed by atoms with E-state index in [2.05, 4.69) is 0 Å². The van der Waals surface area contributed by atoms with Gasteiger partial charge in [-0.3, -0.25) is 9.69 Å². The Hall–Kier alpha value is -0.610. The predicted octanol–water partition coefficient (Wildman–Crippen LogP) is 0.162. The highest BCUT2D eigenvalue weighted by Gasteiger charge is 2.41. The number of aliphatic carboxylic acids is 1. The summed E-state index contributed by atoms with van der Waals surface area (Å²) >= 11 is 0. The number of likely N-dealkylation sites (tertiary alicyclic amines) is 1. The first-order chi connectivity index (χ1) is 5.82. The van der Waals surface area contributed by atoms with Gasteiger partial charge in [0.05, 0.1) is 6.10 Å². The zero-order valence-electron chi connectivity index (χ0n) is 8.32. The monoisotopic (exact) mass is 187 g/mol. The van der Waals surface area contributed by atoms with Gasteiger partial charge in [-0.2, -0.15) is 0 Å². The van der Waals surface area contributed by atoms with Crippen LogP contribution in [0.5, 0.6) is 0 Å². The van der Waals surface area contributed by atoms with Gasteiger partial charge in [0.2, 0.25) is 0 Å². The average molecular weight is 187 g/mol. The van der Waals surface area contributed by atoms with Gasteiger partial charge in [0.25, 0.3) is 0 Å². The van der Waals surface area contributed by atoms with Crippen LogP contribution >= 0.6 is 0 Å². The van der Waals surface area contributed by atoms with Gasteiger partial charge in [-0.05, 0) is 5.41 Å². The Morgan fingerprint density at radius 1 is 1.46 bits per heavy atom. The van der Waals surface area contributed by atoms with E-state index in [-0.39, 0.29) is 11.5 Å². The largest absolute Gasteiger partial charge is 0.480 e. The Labute approximate surface area is 78.2 Å². The molecule has 0 aromatic carbocycles. The highest BCUT2D eigenvalue weighted by atomic mass is 16.4. The van der Waals surface area contributed by atoms with Gasteiger partial charge in [-0.25, -0.2) is 0 Å². The molecule has 0 aliphatic carbocycles. The van der Waals surface area contributed by atoms with Crippen molar-refractivity contribution >= 4 is 5.97 Å². The van der Waals surface area contributed by atoms with Crippen molar-refractivity contribution in [3.63, 3.8) is 0 Å². The maximum atomic E-state index is 11.0. The molecule has 1 unspecified atom stereocenters. The van der Waals surface area contributed by atoms with Crippen molar-refractivity contribution in [1.29, 1.82) is 0 Å². The number of carboxylic acid groups (broad SMARTS) is 1. The molecule has 1 atom stereocenters. The lowest BCUT2D eigenvalue weighted by molar-refractivity contribution is -0.154. The van der Waals surface area contributed by atoms with E-state index in [0.29, 0.717) is 13.1 Å². The van der Waals surface area contributed by atoms with Crippen LogP contribution in [0.2, 0.25) is 0 Å². The van der Waals surface area contributed by atoms with Crippen LogP contribution in [0.4, 0.5) is 0 Å². The topological polar surface area (TPSA) is 60.8 Å². The number of aliphatic hydroxyl groups excluding tert-OH is 1. The number of carbonyl (C=O) groups is 1. The Bertz CT molecular complexity index is 203. The molecule has 1 heterocycles. The van der Waals surface area contributed by atoms with Crippen LogP contribution in [-0.4, -0.2) is 46.3 Å². The molecule has 4 nitrogen and oxygen atoms in total. The van der Waals surface area contributed by atoms with Crippen LogP contribution in [0.15, 0.2) is 0 Å². The molecule has 0 spiro atoms. The van der Waals surface area contributed by atoms with E-state index in [1.807, 2.05) is 20.8 Å². The standard InChI is InChI=1S/C9H17NO3/c1-9(2,3)7(8(12)13)10-4-6(11)5-10/h6-7,11H,4-5H2,1-3H3,(H,12,13). The molecule has 1 rings (SSSR count). The van der Waals surface area contributed by atoms with Gasteiger partial charge in [0.1, 0.15) is 6.04 Å². The molecular formula is C9H17NO3. The fourth-order valence-corrected chi connectivity index (χ4v) is 1.77. The van der Waals surface area contributed by atoms with Gasteiger partial charge >= 0.3 is 5.97 Å². The number of aliphatic hydroxyl groups is 1. The second kappa shape index (κ2) is 3.27. The lowest BCUT2D eigenvalue weighted by atomic mass is 9.84. The maximum absolute atomic E-state index is 11.0. The lowest BCUT2D eigenvalue weighted by Crippen LogP contribution is -2.61. The molecule has 1 aliphatic heterocycles. The van der Waals surface area contributed by atoms with Crippen molar-refractivity contribution in [3.05, 3.63) is 0 Å². The Kier molecular flexibility index (Phi) is 2.63. The Morgan fingerprint density at radius 3 is 2.15 bits per heavy atom. The zero-order valence-corrected chi connectivity index (χ0v) is 8.32. The summed E-state index contributed by atoms with van der Waals surface area (Å²) in [7, 11) is 0. The van der Waals surface area contributed by atoms with Crippen LogP contribution in [-0.2, 0) is 4.79 Å². The molecule has 1 aliphatic rings. The molecule has 2 N–H and O–H groups in total. The minimum Gasteiger partial charge on any atom is -0.480 e. The third-order valence-electron chi connectivity index (χ3n) is 2.31. The quantitative estimate of drug-likeness (QED) is 0.646. The SMILES string of the molecule is CC(C)(C)C(C(=O)O)N1CC(O)C1. The zero-order chi connectivity index (χ0) is 10.2. The molecule has 0 saturated carbocycles. The van der Waals surface area contributed by atoms with Crippen molar-refractivity contribution in [2.24, 2.45) is 5.41 Å². The van der Waals surface area contributed by atoms with Gasteiger partial charge in [0.15, 0.2) is 0 Å². The number of carboxylic acids is 1. The fraction of sp³-hybridized carbons (Fsp3) is 0.889. The summed E-state index contributed by atoms with van der Waals surface area (Å²) in [4.78, 5) is 12.8. The van der Waals surface area contributed by atoms with Crippen LogP contribution < -0.4 is 0 Å². The van der Waals surface area contributed by atoms with Crippen molar-refractivity contribution < 1.29 is 15.0 Å². The maximum Gasteiger partial charge on any atom is 0.321 e. The summed E-state index contributed by atoms with van der Waals surface area (Å²) in [5.74, 6) is -0.806. The first kappa shape index (κ1) is 10.5. The second-order valence-electron chi connectivity index (χ2n) is 4.71. The van der Waals surface area contributed by atoms with Gasteiger partial charge in [-0.15, -0.1) is 0 Å². The summed E-state index contributed by atoms with van der Waals surface area (Å²) in [5, 5.41) is 18.1. The number of β-amino-alcohol motifs (C(OH)–C–C–N with tert-alkyl or cyclic N) is 1.